The maximum Gasteiger partial charge on any atom is 0.217 e. The van der Waals surface area contributed by atoms with Gasteiger partial charge in [0.1, 0.15) is 0 Å². The minimum atomic E-state index is 0.141. The summed E-state index contributed by atoms with van der Waals surface area (Å²) in [6.07, 6.45) is 2.40. The molecule has 0 bridgehead atoms. The van der Waals surface area contributed by atoms with Crippen LogP contribution < -0.4 is 0 Å². The second kappa shape index (κ2) is 1.75. The van der Waals surface area contributed by atoms with Gasteiger partial charge >= 0.3 is 0 Å². The Morgan fingerprint density at radius 2 is 2.40 bits per heavy atom. The molecule has 53 valence electrons. The summed E-state index contributed by atoms with van der Waals surface area (Å²) < 4.78 is 1.45. The quantitative estimate of drug-likeness (QED) is 0.621. The van der Waals surface area contributed by atoms with Gasteiger partial charge in [0.15, 0.2) is 0 Å². The van der Waals surface area contributed by atoms with Gasteiger partial charge in [-0.1, -0.05) is 0 Å². The van der Waals surface area contributed by atoms with E-state index < -0.39 is 0 Å². The van der Waals surface area contributed by atoms with Crippen LogP contribution in [-0.4, -0.2) is 14.9 Å². The predicted octanol–water partition coefficient (Wildman–Crippen LogP) is 0.803. The molecule has 1 aliphatic rings. The topological polar surface area (TPSA) is 38.0 Å². The van der Waals surface area contributed by atoms with E-state index in [0.717, 1.165) is 5.69 Å². The first kappa shape index (κ1) is 5.77. The zero-order chi connectivity index (χ0) is 7.14. The molecular formula is C7H9N2O. The minimum Gasteiger partial charge on any atom is -0.493 e. The first-order valence-electron chi connectivity index (χ1n) is 3.42. The Hall–Kier alpha value is -0.990. The molecule has 0 amide bonds. The highest BCUT2D eigenvalue weighted by molar-refractivity contribution is 5.19. The van der Waals surface area contributed by atoms with Crippen molar-refractivity contribution in [3.63, 3.8) is 0 Å². The molecule has 10 heavy (non-hydrogen) atoms. The molecule has 1 radical (unpaired) electrons. The third kappa shape index (κ3) is 0.781. The van der Waals surface area contributed by atoms with Crippen molar-refractivity contribution < 1.29 is 5.11 Å². The van der Waals surface area contributed by atoms with Gasteiger partial charge in [0.05, 0.1) is 11.8 Å². The molecular weight excluding hydrogens is 128 g/mol. The van der Waals surface area contributed by atoms with Crippen molar-refractivity contribution in [1.82, 2.24) is 9.78 Å². The third-order valence-corrected chi connectivity index (χ3v) is 1.77. The SMILES string of the molecule is Cn1nc(C2CC2)[c]c1O. The molecule has 0 aromatic carbocycles. The van der Waals surface area contributed by atoms with E-state index >= 15 is 0 Å². The summed E-state index contributed by atoms with van der Waals surface area (Å²) in [7, 11) is 1.72. The molecule has 1 aromatic rings. The number of aryl methyl sites for hydroxylation is 1. The van der Waals surface area contributed by atoms with Crippen molar-refractivity contribution >= 4 is 0 Å². The number of rotatable bonds is 1. The predicted molar refractivity (Wildman–Crippen MR) is 35.7 cm³/mol. The Labute approximate surface area is 59.3 Å². The first-order valence-corrected chi connectivity index (χ1v) is 3.42. The maximum absolute atomic E-state index is 9.06. The molecule has 1 aromatic heterocycles. The van der Waals surface area contributed by atoms with E-state index in [4.69, 9.17) is 5.11 Å². The third-order valence-electron chi connectivity index (χ3n) is 1.77. The van der Waals surface area contributed by atoms with Crippen LogP contribution in [0.15, 0.2) is 0 Å². The number of hydrogen-bond donors (Lipinski definition) is 1. The summed E-state index contributed by atoms with van der Waals surface area (Å²) in [6.45, 7) is 0. The lowest BCUT2D eigenvalue weighted by atomic mass is 10.3. The first-order chi connectivity index (χ1) is 4.77. The lowest BCUT2D eigenvalue weighted by Crippen LogP contribution is -1.89. The molecule has 0 unspecified atom stereocenters. The van der Waals surface area contributed by atoms with Gasteiger partial charge in [0.25, 0.3) is 0 Å². The van der Waals surface area contributed by atoms with Gasteiger partial charge in [-0.3, -0.25) is 0 Å². The fourth-order valence-electron chi connectivity index (χ4n) is 0.970. The van der Waals surface area contributed by atoms with Crippen LogP contribution in [0.25, 0.3) is 0 Å². The number of hydrogen-bond acceptors (Lipinski definition) is 2. The van der Waals surface area contributed by atoms with E-state index in [1.807, 2.05) is 0 Å². The molecule has 3 heteroatoms. The van der Waals surface area contributed by atoms with Crippen LogP contribution in [0, 0.1) is 6.07 Å². The van der Waals surface area contributed by atoms with E-state index in [2.05, 4.69) is 11.2 Å². The van der Waals surface area contributed by atoms with Crippen molar-refractivity contribution in [1.29, 1.82) is 0 Å². The van der Waals surface area contributed by atoms with Crippen LogP contribution in [0.4, 0.5) is 0 Å². The monoisotopic (exact) mass is 137 g/mol. The van der Waals surface area contributed by atoms with Gasteiger partial charge in [-0.2, -0.15) is 5.10 Å². The highest BCUT2D eigenvalue weighted by Gasteiger charge is 2.27. The molecule has 2 rings (SSSR count). The van der Waals surface area contributed by atoms with Crippen LogP contribution in [0.1, 0.15) is 24.5 Å². The second-order valence-corrected chi connectivity index (χ2v) is 2.73. The molecule has 0 aliphatic heterocycles. The van der Waals surface area contributed by atoms with E-state index in [-0.39, 0.29) is 5.88 Å². The van der Waals surface area contributed by atoms with Crippen LogP contribution in [0.5, 0.6) is 5.88 Å². The normalized spacial score (nSPS) is 17.7. The number of aromatic hydroxyl groups is 1. The summed E-state index contributed by atoms with van der Waals surface area (Å²) in [6, 6.07) is 2.81. The van der Waals surface area contributed by atoms with Crippen molar-refractivity contribution in [2.45, 2.75) is 18.8 Å². The second-order valence-electron chi connectivity index (χ2n) is 2.73. The zero-order valence-corrected chi connectivity index (χ0v) is 5.83. The van der Waals surface area contributed by atoms with E-state index in [0.29, 0.717) is 5.92 Å². The summed E-state index contributed by atoms with van der Waals surface area (Å²) in [5, 5.41) is 13.1. The number of nitrogens with zero attached hydrogens (tertiary/aromatic N) is 2. The Morgan fingerprint density at radius 1 is 1.70 bits per heavy atom. The Kier molecular flexibility index (Phi) is 1.01. The van der Waals surface area contributed by atoms with E-state index in [9.17, 15) is 0 Å². The minimum absolute atomic E-state index is 0.141. The van der Waals surface area contributed by atoms with Crippen molar-refractivity contribution in [2.75, 3.05) is 0 Å². The highest BCUT2D eigenvalue weighted by atomic mass is 16.3. The van der Waals surface area contributed by atoms with Crippen molar-refractivity contribution in [3.8, 4) is 5.88 Å². The van der Waals surface area contributed by atoms with Gasteiger partial charge < -0.3 is 5.11 Å². The van der Waals surface area contributed by atoms with Gasteiger partial charge in [0, 0.05) is 13.0 Å². The number of aromatic nitrogens is 2. The van der Waals surface area contributed by atoms with Crippen LogP contribution in [0.2, 0.25) is 0 Å². The fraction of sp³-hybridized carbons (Fsp3) is 0.571. The van der Waals surface area contributed by atoms with Crippen LogP contribution >= 0.6 is 0 Å². The molecule has 1 saturated carbocycles. The Bertz CT molecular complexity index is 231. The average Bonchev–Trinajstić information content (AvgIpc) is 2.64. The standard InChI is InChI=1S/C7H9N2O/c1-9-7(10)4-6(8-9)5-2-3-5/h5,10H,2-3H2,1H3. The Balaban J connectivity index is 2.34. The summed E-state index contributed by atoms with van der Waals surface area (Å²) >= 11 is 0. The lowest BCUT2D eigenvalue weighted by Gasteiger charge is -1.87. The molecule has 0 spiro atoms. The molecule has 1 heterocycles. The molecule has 1 aliphatic carbocycles. The maximum atomic E-state index is 9.06. The summed E-state index contributed by atoms with van der Waals surface area (Å²) in [5.41, 5.74) is 0.917. The molecule has 1 fully saturated rings. The zero-order valence-electron chi connectivity index (χ0n) is 5.83. The Morgan fingerprint density at radius 3 is 2.80 bits per heavy atom. The average molecular weight is 137 g/mol. The van der Waals surface area contributed by atoms with Crippen molar-refractivity contribution in [3.05, 3.63) is 11.8 Å². The molecule has 0 saturated heterocycles. The van der Waals surface area contributed by atoms with E-state index in [1.54, 1.807) is 7.05 Å². The summed E-state index contributed by atoms with van der Waals surface area (Å²) in [4.78, 5) is 0. The van der Waals surface area contributed by atoms with Gasteiger partial charge in [-0.05, 0) is 12.8 Å². The highest BCUT2D eigenvalue weighted by Crippen LogP contribution is 2.39. The largest absolute Gasteiger partial charge is 0.493 e. The molecule has 3 nitrogen and oxygen atoms in total. The molecule has 0 atom stereocenters. The van der Waals surface area contributed by atoms with E-state index in [1.165, 1.54) is 17.5 Å². The fourth-order valence-corrected chi connectivity index (χ4v) is 0.970. The lowest BCUT2D eigenvalue weighted by molar-refractivity contribution is 0.418. The van der Waals surface area contributed by atoms with Gasteiger partial charge in [-0.15, -0.1) is 0 Å². The van der Waals surface area contributed by atoms with Crippen molar-refractivity contribution in [2.24, 2.45) is 7.05 Å². The summed E-state index contributed by atoms with van der Waals surface area (Å²) in [5.74, 6) is 0.717. The smallest absolute Gasteiger partial charge is 0.217 e. The van der Waals surface area contributed by atoms with Gasteiger partial charge in [0.2, 0.25) is 5.88 Å². The van der Waals surface area contributed by atoms with Crippen LogP contribution in [0.3, 0.4) is 0 Å². The van der Waals surface area contributed by atoms with Gasteiger partial charge in [-0.25, -0.2) is 4.68 Å². The molecule has 1 N–H and O–H groups in total. The van der Waals surface area contributed by atoms with Crippen LogP contribution in [-0.2, 0) is 7.05 Å².